The third-order valence-corrected chi connectivity index (χ3v) is 2.24. The van der Waals surface area contributed by atoms with E-state index in [1.165, 1.54) is 0 Å². The fourth-order valence-electron chi connectivity index (χ4n) is 1.48. The molecule has 0 aliphatic carbocycles. The van der Waals surface area contributed by atoms with E-state index >= 15 is 0 Å². The molecular formula is C15H23NO3. The van der Waals surface area contributed by atoms with Gasteiger partial charge in [-0.25, -0.2) is 4.79 Å². The highest BCUT2D eigenvalue weighted by Gasteiger charge is 2.17. The molecule has 1 rings (SSSR count). The van der Waals surface area contributed by atoms with Gasteiger partial charge in [0.2, 0.25) is 0 Å². The maximum atomic E-state index is 11.5. The summed E-state index contributed by atoms with van der Waals surface area (Å²) in [6, 6.07) is 9.84. The lowest BCUT2D eigenvalue weighted by Crippen LogP contribution is -2.39. The molecule has 0 heterocycles. The van der Waals surface area contributed by atoms with Gasteiger partial charge in [-0.2, -0.15) is 0 Å². The zero-order valence-electron chi connectivity index (χ0n) is 12.1. The Morgan fingerprint density at radius 3 is 2.47 bits per heavy atom. The first-order chi connectivity index (χ1) is 8.87. The minimum atomic E-state index is -0.477. The first-order valence-electron chi connectivity index (χ1n) is 6.48. The standard InChI is InChI=1S/C15H23NO3/c1-12(16-14(17)19-15(2,3)4)10-18-11-13-8-6-5-7-9-13/h5-9,12H,10-11H2,1-4H3,(H,16,17)/t12-/m0/s1. The Hall–Kier alpha value is -1.55. The van der Waals surface area contributed by atoms with Crippen LogP contribution in [0, 0.1) is 0 Å². The number of alkyl carbamates (subject to hydrolysis) is 1. The molecule has 0 spiro atoms. The Kier molecular flexibility index (Phi) is 5.83. The zero-order valence-corrected chi connectivity index (χ0v) is 12.1. The molecule has 1 N–H and O–H groups in total. The van der Waals surface area contributed by atoms with Crippen molar-refractivity contribution in [1.29, 1.82) is 0 Å². The van der Waals surface area contributed by atoms with Crippen LogP contribution in [0.4, 0.5) is 4.79 Å². The Morgan fingerprint density at radius 2 is 1.89 bits per heavy atom. The highest BCUT2D eigenvalue weighted by atomic mass is 16.6. The Labute approximate surface area is 115 Å². The number of hydrogen-bond donors (Lipinski definition) is 1. The molecule has 19 heavy (non-hydrogen) atoms. The monoisotopic (exact) mass is 265 g/mol. The first-order valence-corrected chi connectivity index (χ1v) is 6.48. The molecule has 0 fully saturated rings. The number of carbonyl (C=O) groups is 1. The van der Waals surface area contributed by atoms with Crippen LogP contribution in [-0.4, -0.2) is 24.3 Å². The Morgan fingerprint density at radius 1 is 1.26 bits per heavy atom. The summed E-state index contributed by atoms with van der Waals surface area (Å²) in [4.78, 5) is 11.5. The zero-order chi connectivity index (χ0) is 14.3. The molecule has 1 amide bonds. The predicted molar refractivity (Wildman–Crippen MR) is 74.9 cm³/mol. The van der Waals surface area contributed by atoms with Crippen molar-refractivity contribution in [1.82, 2.24) is 5.32 Å². The lowest BCUT2D eigenvalue weighted by Gasteiger charge is -2.21. The second kappa shape index (κ2) is 7.14. The smallest absolute Gasteiger partial charge is 0.407 e. The number of benzene rings is 1. The average molecular weight is 265 g/mol. The number of rotatable bonds is 5. The number of carbonyl (C=O) groups excluding carboxylic acids is 1. The molecule has 106 valence electrons. The minimum Gasteiger partial charge on any atom is -0.444 e. The van der Waals surface area contributed by atoms with Crippen LogP contribution in [0.5, 0.6) is 0 Å². The van der Waals surface area contributed by atoms with Crippen LogP contribution in [0.25, 0.3) is 0 Å². The summed E-state index contributed by atoms with van der Waals surface area (Å²) in [7, 11) is 0. The molecule has 0 aliphatic rings. The quantitative estimate of drug-likeness (QED) is 0.889. The topological polar surface area (TPSA) is 47.6 Å². The van der Waals surface area contributed by atoms with Crippen LogP contribution in [-0.2, 0) is 16.1 Å². The van der Waals surface area contributed by atoms with Gasteiger partial charge in [0.25, 0.3) is 0 Å². The van der Waals surface area contributed by atoms with E-state index in [1.54, 1.807) is 0 Å². The number of ether oxygens (including phenoxy) is 2. The Bertz CT molecular complexity index is 384. The molecule has 1 atom stereocenters. The number of nitrogens with one attached hydrogen (secondary N) is 1. The van der Waals surface area contributed by atoms with Crippen molar-refractivity contribution in [2.75, 3.05) is 6.61 Å². The summed E-state index contributed by atoms with van der Waals surface area (Å²) in [6.45, 7) is 8.39. The SMILES string of the molecule is C[C@@H](COCc1ccccc1)NC(=O)OC(C)(C)C. The van der Waals surface area contributed by atoms with Gasteiger partial charge in [-0.1, -0.05) is 30.3 Å². The average Bonchev–Trinajstić information content (AvgIpc) is 2.27. The maximum Gasteiger partial charge on any atom is 0.407 e. The second-order valence-electron chi connectivity index (χ2n) is 5.55. The van der Waals surface area contributed by atoms with Gasteiger partial charge in [0.1, 0.15) is 5.60 Å². The van der Waals surface area contributed by atoms with Gasteiger partial charge in [-0.3, -0.25) is 0 Å². The van der Waals surface area contributed by atoms with E-state index in [4.69, 9.17) is 9.47 Å². The van der Waals surface area contributed by atoms with Crippen molar-refractivity contribution >= 4 is 6.09 Å². The molecule has 0 radical (unpaired) electrons. The highest BCUT2D eigenvalue weighted by molar-refractivity contribution is 5.68. The van der Waals surface area contributed by atoms with Crippen molar-refractivity contribution in [2.24, 2.45) is 0 Å². The molecule has 0 unspecified atom stereocenters. The third-order valence-electron chi connectivity index (χ3n) is 2.24. The van der Waals surface area contributed by atoms with Crippen LogP contribution in [0.15, 0.2) is 30.3 Å². The highest BCUT2D eigenvalue weighted by Crippen LogP contribution is 2.07. The summed E-state index contributed by atoms with van der Waals surface area (Å²) in [6.07, 6.45) is -0.414. The van der Waals surface area contributed by atoms with Crippen molar-refractivity contribution in [2.45, 2.75) is 45.9 Å². The van der Waals surface area contributed by atoms with E-state index in [2.05, 4.69) is 5.32 Å². The van der Waals surface area contributed by atoms with Crippen molar-refractivity contribution in [3.8, 4) is 0 Å². The third kappa shape index (κ3) is 7.47. The second-order valence-corrected chi connectivity index (χ2v) is 5.55. The summed E-state index contributed by atoms with van der Waals surface area (Å²) < 4.78 is 10.7. The van der Waals surface area contributed by atoms with Gasteiger partial charge in [0.05, 0.1) is 19.3 Å². The Balaban J connectivity index is 2.21. The molecule has 4 nitrogen and oxygen atoms in total. The molecule has 0 saturated carbocycles. The number of hydrogen-bond acceptors (Lipinski definition) is 3. The molecule has 0 aliphatic heterocycles. The fourth-order valence-corrected chi connectivity index (χ4v) is 1.48. The van der Waals surface area contributed by atoms with Crippen LogP contribution in [0.3, 0.4) is 0 Å². The largest absolute Gasteiger partial charge is 0.444 e. The van der Waals surface area contributed by atoms with E-state index < -0.39 is 11.7 Å². The van der Waals surface area contributed by atoms with Crippen LogP contribution in [0.1, 0.15) is 33.3 Å². The maximum absolute atomic E-state index is 11.5. The van der Waals surface area contributed by atoms with Crippen molar-refractivity contribution < 1.29 is 14.3 Å². The number of amides is 1. The molecule has 0 saturated heterocycles. The van der Waals surface area contributed by atoms with E-state index in [9.17, 15) is 4.79 Å². The molecule has 0 aromatic heterocycles. The van der Waals surface area contributed by atoms with E-state index in [-0.39, 0.29) is 6.04 Å². The van der Waals surface area contributed by atoms with Gasteiger partial charge in [-0.05, 0) is 33.3 Å². The lowest BCUT2D eigenvalue weighted by atomic mass is 10.2. The van der Waals surface area contributed by atoms with Gasteiger partial charge < -0.3 is 14.8 Å². The summed E-state index contributed by atoms with van der Waals surface area (Å²) in [5.41, 5.74) is 0.640. The van der Waals surface area contributed by atoms with Gasteiger partial charge >= 0.3 is 6.09 Å². The normalized spacial score (nSPS) is 12.8. The molecule has 4 heteroatoms. The first kappa shape index (κ1) is 15.5. The van der Waals surface area contributed by atoms with Crippen LogP contribution in [0.2, 0.25) is 0 Å². The van der Waals surface area contributed by atoms with E-state index in [1.807, 2.05) is 58.0 Å². The van der Waals surface area contributed by atoms with Crippen molar-refractivity contribution in [3.63, 3.8) is 0 Å². The van der Waals surface area contributed by atoms with E-state index in [0.717, 1.165) is 5.56 Å². The van der Waals surface area contributed by atoms with Crippen LogP contribution < -0.4 is 5.32 Å². The molecule has 1 aromatic carbocycles. The molecular weight excluding hydrogens is 242 g/mol. The predicted octanol–water partition coefficient (Wildman–Crippen LogP) is 3.12. The summed E-state index contributed by atoms with van der Waals surface area (Å²) in [5.74, 6) is 0. The summed E-state index contributed by atoms with van der Waals surface area (Å²) >= 11 is 0. The minimum absolute atomic E-state index is 0.0847. The molecule has 1 aromatic rings. The fraction of sp³-hybridized carbons (Fsp3) is 0.533. The van der Waals surface area contributed by atoms with Crippen LogP contribution >= 0.6 is 0 Å². The summed E-state index contributed by atoms with van der Waals surface area (Å²) in [5, 5.41) is 2.74. The van der Waals surface area contributed by atoms with Crippen molar-refractivity contribution in [3.05, 3.63) is 35.9 Å². The van der Waals surface area contributed by atoms with Gasteiger partial charge in [0, 0.05) is 0 Å². The van der Waals surface area contributed by atoms with Gasteiger partial charge in [0.15, 0.2) is 0 Å². The van der Waals surface area contributed by atoms with Gasteiger partial charge in [-0.15, -0.1) is 0 Å². The molecule has 0 bridgehead atoms. The van der Waals surface area contributed by atoms with E-state index in [0.29, 0.717) is 13.2 Å². The lowest BCUT2D eigenvalue weighted by molar-refractivity contribution is 0.0442.